The summed E-state index contributed by atoms with van der Waals surface area (Å²) in [7, 11) is 1.60. The number of hydrogen-bond acceptors (Lipinski definition) is 5. The summed E-state index contributed by atoms with van der Waals surface area (Å²) in [6, 6.07) is 0. The highest BCUT2D eigenvalue weighted by molar-refractivity contribution is 6.68. The Bertz CT molecular complexity index is 372. The van der Waals surface area contributed by atoms with Gasteiger partial charge in [-0.2, -0.15) is 4.98 Å². The monoisotopic (exact) mass is 285 g/mol. The molecule has 0 spiro atoms. The molecule has 0 aromatic carbocycles. The van der Waals surface area contributed by atoms with Gasteiger partial charge in [0.2, 0.25) is 15.6 Å². The lowest BCUT2D eigenvalue weighted by Gasteiger charge is -2.21. The number of hydrogen-bond donors (Lipinski definition) is 3. The number of nitrogens with zero attached hydrogens (tertiary/aromatic N) is 2. The van der Waals surface area contributed by atoms with Gasteiger partial charge in [0.15, 0.2) is 0 Å². The van der Waals surface area contributed by atoms with Crippen LogP contribution in [-0.2, 0) is 0 Å². The van der Waals surface area contributed by atoms with E-state index in [0.29, 0.717) is 5.69 Å². The zero-order chi connectivity index (χ0) is 12.5. The van der Waals surface area contributed by atoms with Gasteiger partial charge in [-0.25, -0.2) is 4.98 Å². The van der Waals surface area contributed by atoms with Gasteiger partial charge in [-0.05, 0) is 6.92 Å². The lowest BCUT2D eigenvalue weighted by molar-refractivity contribution is 0.176. The van der Waals surface area contributed by atoms with E-state index in [1.54, 1.807) is 14.0 Å². The molecule has 16 heavy (non-hydrogen) atoms. The number of nitrogens with one attached hydrogen (secondary N) is 1. The molecule has 1 atom stereocenters. The van der Waals surface area contributed by atoms with Gasteiger partial charge < -0.3 is 15.5 Å². The van der Waals surface area contributed by atoms with E-state index in [1.807, 2.05) is 0 Å². The molecule has 5 nitrogen and oxygen atoms in total. The van der Waals surface area contributed by atoms with Crippen LogP contribution in [0.4, 0.5) is 5.95 Å². The first-order valence-electron chi connectivity index (χ1n) is 4.27. The molecule has 0 bridgehead atoms. The number of aromatic nitrogens is 2. The third-order valence-electron chi connectivity index (χ3n) is 1.92. The fraction of sp³-hybridized carbons (Fsp3) is 0.500. The fourth-order valence-corrected chi connectivity index (χ4v) is 1.49. The van der Waals surface area contributed by atoms with Crippen molar-refractivity contribution >= 4 is 40.8 Å². The molecule has 0 fully saturated rings. The quantitative estimate of drug-likeness (QED) is 0.724. The Balaban J connectivity index is 3.25. The Morgan fingerprint density at radius 2 is 1.88 bits per heavy atom. The topological polar surface area (TPSA) is 78.3 Å². The predicted octanol–water partition coefficient (Wildman–Crippen LogP) is 1.94. The molecule has 0 radical (unpaired) electrons. The maximum Gasteiger partial charge on any atom is 0.225 e. The van der Waals surface area contributed by atoms with Gasteiger partial charge in [-0.15, -0.1) is 0 Å². The minimum atomic E-state index is -1.95. The van der Waals surface area contributed by atoms with Crippen molar-refractivity contribution in [2.24, 2.45) is 0 Å². The highest BCUT2D eigenvalue weighted by Gasteiger charge is 2.36. The maximum absolute atomic E-state index is 9.73. The summed E-state index contributed by atoms with van der Waals surface area (Å²) in [6.45, 7) is 1.57. The van der Waals surface area contributed by atoms with Crippen molar-refractivity contribution in [3.63, 3.8) is 0 Å². The number of aromatic hydroxyl groups is 1. The zero-order valence-electron chi connectivity index (χ0n) is 8.50. The number of aliphatic hydroxyl groups is 1. The van der Waals surface area contributed by atoms with Gasteiger partial charge in [0.1, 0.15) is 6.10 Å². The van der Waals surface area contributed by atoms with Gasteiger partial charge >= 0.3 is 0 Å². The summed E-state index contributed by atoms with van der Waals surface area (Å²) < 4.78 is -1.95. The first-order chi connectivity index (χ1) is 7.27. The number of aliphatic hydroxyl groups excluding tert-OH is 1. The minimum absolute atomic E-state index is 0.000926. The van der Waals surface area contributed by atoms with E-state index in [4.69, 9.17) is 34.8 Å². The standard InChI is InChI=1S/C8H10Cl3N3O2/c1-3-4(5(15)8(9,10)11)6(16)14-7(12-2)13-3/h5,15H,1-2H3,(H2,12,13,14,16). The molecule has 8 heteroatoms. The fourth-order valence-electron chi connectivity index (χ4n) is 1.16. The number of rotatable bonds is 2. The average molecular weight is 287 g/mol. The zero-order valence-corrected chi connectivity index (χ0v) is 10.8. The first kappa shape index (κ1) is 13.6. The highest BCUT2D eigenvalue weighted by Crippen LogP contribution is 2.42. The molecule has 0 aliphatic carbocycles. The van der Waals surface area contributed by atoms with Crippen LogP contribution in [-0.4, -0.2) is 31.0 Å². The summed E-state index contributed by atoms with van der Waals surface area (Å²) in [5, 5.41) is 22.0. The third kappa shape index (κ3) is 2.79. The van der Waals surface area contributed by atoms with Crippen LogP contribution in [0.2, 0.25) is 0 Å². The molecule has 0 aliphatic heterocycles. The van der Waals surface area contributed by atoms with Crippen LogP contribution in [0.5, 0.6) is 5.88 Å². The van der Waals surface area contributed by atoms with E-state index < -0.39 is 15.8 Å². The lowest BCUT2D eigenvalue weighted by atomic mass is 10.1. The molecule has 3 N–H and O–H groups in total. The van der Waals surface area contributed by atoms with Crippen LogP contribution in [0.1, 0.15) is 17.4 Å². The van der Waals surface area contributed by atoms with Crippen LogP contribution >= 0.6 is 34.8 Å². The second kappa shape index (κ2) is 4.79. The van der Waals surface area contributed by atoms with Gasteiger partial charge in [-0.3, -0.25) is 0 Å². The van der Waals surface area contributed by atoms with Gasteiger partial charge in [0.25, 0.3) is 0 Å². The Morgan fingerprint density at radius 3 is 2.25 bits per heavy atom. The van der Waals surface area contributed by atoms with Gasteiger partial charge in [-0.1, -0.05) is 34.8 Å². The summed E-state index contributed by atoms with van der Waals surface area (Å²) in [6.07, 6.45) is -1.50. The second-order valence-corrected chi connectivity index (χ2v) is 5.43. The lowest BCUT2D eigenvalue weighted by Crippen LogP contribution is -2.19. The van der Waals surface area contributed by atoms with Crippen molar-refractivity contribution in [3.8, 4) is 5.88 Å². The largest absolute Gasteiger partial charge is 0.493 e. The molecule has 0 saturated heterocycles. The maximum atomic E-state index is 9.73. The Hall–Kier alpha value is -0.490. The number of aryl methyl sites for hydroxylation is 1. The van der Waals surface area contributed by atoms with E-state index in [9.17, 15) is 10.2 Å². The van der Waals surface area contributed by atoms with E-state index in [0.717, 1.165) is 0 Å². The second-order valence-electron chi connectivity index (χ2n) is 3.06. The van der Waals surface area contributed by atoms with Gasteiger partial charge in [0, 0.05) is 7.05 Å². The molecule has 1 unspecified atom stereocenters. The average Bonchev–Trinajstić information content (AvgIpc) is 2.14. The Kier molecular flexibility index (Phi) is 4.07. The van der Waals surface area contributed by atoms with Crippen molar-refractivity contribution in [2.75, 3.05) is 12.4 Å². The van der Waals surface area contributed by atoms with E-state index in [1.165, 1.54) is 0 Å². The Morgan fingerprint density at radius 1 is 1.31 bits per heavy atom. The molecule has 1 rings (SSSR count). The van der Waals surface area contributed by atoms with Gasteiger partial charge in [0.05, 0.1) is 11.3 Å². The van der Waals surface area contributed by atoms with Crippen molar-refractivity contribution in [2.45, 2.75) is 16.8 Å². The van der Waals surface area contributed by atoms with E-state index in [2.05, 4.69) is 15.3 Å². The summed E-state index contributed by atoms with van der Waals surface area (Å²) in [5.41, 5.74) is 0.328. The third-order valence-corrected chi connectivity index (χ3v) is 2.54. The van der Waals surface area contributed by atoms with Crippen LogP contribution in [0.3, 0.4) is 0 Å². The molecule has 1 aromatic rings. The predicted molar refractivity (Wildman–Crippen MR) is 63.2 cm³/mol. The molecule has 0 saturated carbocycles. The van der Waals surface area contributed by atoms with Crippen LogP contribution in [0.25, 0.3) is 0 Å². The number of alkyl halides is 3. The number of anilines is 1. The van der Waals surface area contributed by atoms with Crippen LogP contribution in [0.15, 0.2) is 0 Å². The smallest absolute Gasteiger partial charge is 0.225 e. The van der Waals surface area contributed by atoms with Crippen molar-refractivity contribution in [3.05, 3.63) is 11.3 Å². The first-order valence-corrected chi connectivity index (χ1v) is 5.40. The Labute approximate surface area is 107 Å². The molecule has 1 heterocycles. The van der Waals surface area contributed by atoms with Crippen molar-refractivity contribution < 1.29 is 10.2 Å². The van der Waals surface area contributed by atoms with Crippen LogP contribution < -0.4 is 5.32 Å². The molecular formula is C8H10Cl3N3O2. The minimum Gasteiger partial charge on any atom is -0.493 e. The van der Waals surface area contributed by atoms with E-state index in [-0.39, 0.29) is 11.5 Å². The normalized spacial score (nSPS) is 13.6. The van der Waals surface area contributed by atoms with Crippen molar-refractivity contribution in [1.82, 2.24) is 9.97 Å². The molecule has 1 aromatic heterocycles. The molecule has 0 aliphatic rings. The molecule has 90 valence electrons. The molecular weight excluding hydrogens is 276 g/mol. The SMILES string of the molecule is CNc1nc(C)c(C(O)C(Cl)(Cl)Cl)c(O)n1. The van der Waals surface area contributed by atoms with Crippen LogP contribution in [0, 0.1) is 6.92 Å². The summed E-state index contributed by atoms with van der Waals surface area (Å²) >= 11 is 16.6. The van der Waals surface area contributed by atoms with E-state index >= 15 is 0 Å². The molecule has 0 amide bonds. The summed E-state index contributed by atoms with van der Waals surface area (Å²) in [4.78, 5) is 7.65. The van der Waals surface area contributed by atoms with Crippen molar-refractivity contribution in [1.29, 1.82) is 0 Å². The number of halogens is 3. The highest BCUT2D eigenvalue weighted by atomic mass is 35.6. The summed E-state index contributed by atoms with van der Waals surface area (Å²) in [5.74, 6) is -0.203.